The van der Waals surface area contributed by atoms with E-state index in [1.807, 2.05) is 34.0 Å². The molecule has 4 aliphatic heterocycles. The summed E-state index contributed by atoms with van der Waals surface area (Å²) in [6, 6.07) is 124. The fourth-order valence-electron chi connectivity index (χ4n) is 17.1. The van der Waals surface area contributed by atoms with Crippen LogP contribution >= 0.6 is 34.0 Å². The zero-order chi connectivity index (χ0) is 66.0. The molecule has 0 bridgehead atoms. The summed E-state index contributed by atoms with van der Waals surface area (Å²) < 4.78 is 15.0. The molecule has 6 nitrogen and oxygen atoms in total. The topological polar surface area (TPSA) is 25.4 Å². The van der Waals surface area contributed by atoms with E-state index in [9.17, 15) is 0 Å². The van der Waals surface area contributed by atoms with E-state index in [1.165, 1.54) is 82.4 Å². The van der Waals surface area contributed by atoms with Crippen molar-refractivity contribution in [3.8, 4) is 11.5 Å². The summed E-state index contributed by atoms with van der Waals surface area (Å²) >= 11 is 5.62. The largest absolute Gasteiger partial charge is 0.458 e. The average molecular weight is 1340 g/mol. The Bertz CT molecular complexity index is 6380. The normalized spacial score (nSPS) is 13.1. The minimum atomic E-state index is -0.235. The molecule has 0 unspecified atom stereocenters. The van der Waals surface area contributed by atoms with Gasteiger partial charge in [0.1, 0.15) is 11.5 Å². The maximum absolute atomic E-state index is 7.48. The number of para-hydroxylation sites is 6. The van der Waals surface area contributed by atoms with Gasteiger partial charge in [-0.15, -0.1) is 34.0 Å². The summed E-state index contributed by atoms with van der Waals surface area (Å²) in [4.78, 5) is 12.8. The van der Waals surface area contributed by atoms with Crippen molar-refractivity contribution in [2.45, 2.75) is 0 Å². The van der Waals surface area contributed by atoms with Crippen LogP contribution in [0, 0.1) is 0 Å². The molecule has 15 aromatic carbocycles. The lowest BCUT2D eigenvalue weighted by atomic mass is 9.30. The molecule has 470 valence electrons. The van der Waals surface area contributed by atoms with Crippen molar-refractivity contribution in [1.82, 2.24) is 0 Å². The van der Waals surface area contributed by atoms with Crippen molar-refractivity contribution < 1.29 is 4.74 Å². The van der Waals surface area contributed by atoms with Crippen LogP contribution in [0.15, 0.2) is 334 Å². The van der Waals surface area contributed by atoms with E-state index >= 15 is 0 Å². The maximum atomic E-state index is 7.48. The molecule has 0 radical (unpaired) electrons. The molecule has 0 amide bonds. The van der Waals surface area contributed by atoms with E-state index in [0.29, 0.717) is 0 Å². The average Bonchev–Trinajstić information content (AvgIpc) is 1.04. The first-order valence-electron chi connectivity index (χ1n) is 34.4. The quantitative estimate of drug-likeness (QED) is 0.134. The van der Waals surface area contributed by atoms with Crippen LogP contribution in [0.3, 0.4) is 0 Å². The number of hydrogen-bond donors (Lipinski definition) is 0. The van der Waals surface area contributed by atoms with Crippen LogP contribution in [0.1, 0.15) is 0 Å². The summed E-state index contributed by atoms with van der Waals surface area (Å²) in [5, 5.41) is 7.44. The predicted octanol–water partition coefficient (Wildman–Crippen LogP) is 22.2. The minimum absolute atomic E-state index is 0.233. The van der Waals surface area contributed by atoms with Crippen LogP contribution in [-0.2, 0) is 0 Å². The third-order valence-corrected chi connectivity index (χ3v) is 24.7. The lowest BCUT2D eigenvalue weighted by Gasteiger charge is -2.47. The number of anilines is 15. The number of nitrogens with zero attached hydrogens (tertiary/aromatic N) is 5. The van der Waals surface area contributed by atoms with E-state index in [4.69, 9.17) is 4.74 Å². The lowest BCUT2D eigenvalue weighted by molar-refractivity contribution is 0.487. The van der Waals surface area contributed by atoms with Crippen molar-refractivity contribution in [2.24, 2.45) is 0 Å². The van der Waals surface area contributed by atoms with Gasteiger partial charge in [0.05, 0.1) is 33.1 Å². The highest BCUT2D eigenvalue weighted by Crippen LogP contribution is 2.56. The first kappa shape index (κ1) is 56.9. The van der Waals surface area contributed by atoms with E-state index in [2.05, 4.69) is 358 Å². The van der Waals surface area contributed by atoms with Gasteiger partial charge in [0.15, 0.2) is 0 Å². The molecule has 22 rings (SSSR count). The number of hydrogen-bond acceptors (Lipinski definition) is 9. The first-order chi connectivity index (χ1) is 50.1. The number of ether oxygens (including phenoxy) is 1. The van der Waals surface area contributed by atoms with Gasteiger partial charge in [-0.2, -0.15) is 0 Å². The van der Waals surface area contributed by atoms with Crippen molar-refractivity contribution >= 4 is 226 Å². The van der Waals surface area contributed by atoms with Gasteiger partial charge in [0, 0.05) is 119 Å². The number of rotatable bonds is 9. The Morgan fingerprint density at radius 1 is 0.238 bits per heavy atom. The van der Waals surface area contributed by atoms with E-state index in [0.717, 1.165) is 108 Å². The molecule has 0 N–H and O–H groups in total. The second-order valence-corrected chi connectivity index (χ2v) is 29.8. The SMILES string of the molecule is c1ccc(N(c2ccccc2)c2cc3c4c(c2)N(c2cccc5sc6ccccc6c25)c2cc5c(cc2B4c2ccccc2O3)B2c3ccccc3N(c3cccc4c3sc3ccccc34)c3cc(N(c4ccccc4)c4ccccc4)cc(c32)N5c2cccc3sc4ccccc4c23)cc1. The molecule has 0 fully saturated rings. The number of thiophene rings is 3. The zero-order valence-corrected chi connectivity index (χ0v) is 56.7. The molecule has 0 atom stereocenters. The van der Waals surface area contributed by atoms with Crippen LogP contribution in [0.5, 0.6) is 11.5 Å². The fourth-order valence-corrected chi connectivity index (χ4v) is 20.6. The van der Waals surface area contributed by atoms with Crippen LogP contribution in [0.25, 0.3) is 60.5 Å². The second kappa shape index (κ2) is 22.2. The molecule has 18 aromatic rings. The summed E-state index contributed by atoms with van der Waals surface area (Å²) in [6.07, 6.45) is 0. The third kappa shape index (κ3) is 8.46. The highest BCUT2D eigenvalue weighted by molar-refractivity contribution is 7.27. The second-order valence-electron chi connectivity index (χ2n) is 26.6. The van der Waals surface area contributed by atoms with Crippen LogP contribution in [-0.4, -0.2) is 13.4 Å². The smallest absolute Gasteiger partial charge is 0.256 e. The molecule has 4 aliphatic rings. The summed E-state index contributed by atoms with van der Waals surface area (Å²) in [7, 11) is 0. The van der Waals surface area contributed by atoms with Gasteiger partial charge in [-0.25, -0.2) is 0 Å². The Hall–Kier alpha value is -12.1. The Morgan fingerprint density at radius 3 is 1.20 bits per heavy atom. The van der Waals surface area contributed by atoms with E-state index < -0.39 is 0 Å². The van der Waals surface area contributed by atoms with Crippen LogP contribution in [0.4, 0.5) is 85.3 Å². The van der Waals surface area contributed by atoms with Crippen molar-refractivity contribution in [3.63, 3.8) is 0 Å². The molecular weight excluding hydrogens is 1280 g/mol. The van der Waals surface area contributed by atoms with Gasteiger partial charge in [-0.05, 0) is 166 Å². The van der Waals surface area contributed by atoms with Gasteiger partial charge >= 0.3 is 0 Å². The third-order valence-electron chi connectivity index (χ3n) is 21.2. The molecule has 101 heavy (non-hydrogen) atoms. The Kier molecular flexibility index (Phi) is 12.5. The lowest BCUT2D eigenvalue weighted by Crippen LogP contribution is -2.64. The summed E-state index contributed by atoms with van der Waals surface area (Å²) in [5.41, 5.74) is 23.6. The minimum Gasteiger partial charge on any atom is -0.458 e. The molecule has 3 aromatic heterocycles. The summed E-state index contributed by atoms with van der Waals surface area (Å²) in [6.45, 7) is -0.468. The van der Waals surface area contributed by atoms with Gasteiger partial charge in [-0.1, -0.05) is 194 Å². The van der Waals surface area contributed by atoms with Crippen molar-refractivity contribution in [2.75, 3.05) is 24.5 Å². The fraction of sp³-hybridized carbons (Fsp3) is 0. The van der Waals surface area contributed by atoms with Crippen molar-refractivity contribution in [1.29, 1.82) is 0 Å². The molecule has 0 saturated carbocycles. The molecule has 0 saturated heterocycles. The van der Waals surface area contributed by atoms with Gasteiger partial charge in [0.25, 0.3) is 13.4 Å². The van der Waals surface area contributed by atoms with Crippen molar-refractivity contribution in [3.05, 3.63) is 334 Å². The van der Waals surface area contributed by atoms with Crippen LogP contribution < -0.4 is 62.0 Å². The Morgan fingerprint density at radius 2 is 0.634 bits per heavy atom. The van der Waals surface area contributed by atoms with Crippen LogP contribution in [0.2, 0.25) is 0 Å². The van der Waals surface area contributed by atoms with Gasteiger partial charge < -0.3 is 29.2 Å². The first-order valence-corrected chi connectivity index (χ1v) is 36.9. The standard InChI is InChI=1S/C90H55B2N5OS3/c1-5-26-56(27-6-1)93(57-28-7-2-8-29-57)60-50-76-88-77(51-60)96(71-41-24-48-84-86(71)64-35-14-21-46-82(64)99-84)74-55-75-69(54-68(74)91(88)66-38-16-18-40-70(66)95(76)73-43-23-37-63-62-34-13-20-45-81(62)101-90(63)73)92-67-39-17-19-44-79(67)98-80-53-61(94(58-30-9-3-10-31-58)59-32-11-4-12-33-59)52-78(89(80)92)97(75)72-42-25-49-85-87(72)65-36-15-22-47-83(65)100-85/h1-55H. The molecule has 0 aliphatic carbocycles. The van der Waals surface area contributed by atoms with E-state index in [1.54, 1.807) is 0 Å². The Balaban J connectivity index is 0.901. The highest BCUT2D eigenvalue weighted by atomic mass is 32.1. The monoisotopic (exact) mass is 1340 g/mol. The molecule has 0 spiro atoms. The predicted molar refractivity (Wildman–Crippen MR) is 434 cm³/mol. The zero-order valence-electron chi connectivity index (χ0n) is 54.3. The molecule has 7 heterocycles. The molecular formula is C90H55B2N5OS3. The molecule has 11 heteroatoms. The Labute approximate surface area is 596 Å². The maximum Gasteiger partial charge on any atom is 0.256 e. The van der Waals surface area contributed by atoms with Gasteiger partial charge in [-0.3, -0.25) is 0 Å². The van der Waals surface area contributed by atoms with Gasteiger partial charge in [0.2, 0.25) is 0 Å². The summed E-state index contributed by atoms with van der Waals surface area (Å²) in [5.74, 6) is 1.69. The number of fused-ring (bicyclic) bond motifs is 17. The van der Waals surface area contributed by atoms with E-state index in [-0.39, 0.29) is 13.4 Å². The highest BCUT2D eigenvalue weighted by Gasteiger charge is 2.49. The number of benzene rings is 15.